The Balaban J connectivity index is 2.09. The zero-order valence-electron chi connectivity index (χ0n) is 11.3. The molecule has 1 saturated carbocycles. The molecule has 1 aromatic heterocycles. The largest absolute Gasteiger partial charge is 0.321 e. The van der Waals surface area contributed by atoms with E-state index in [1.54, 1.807) is 0 Å². The minimum atomic E-state index is -0.0391. The third-order valence-corrected chi connectivity index (χ3v) is 4.86. The van der Waals surface area contributed by atoms with Gasteiger partial charge in [-0.2, -0.15) is 0 Å². The van der Waals surface area contributed by atoms with Gasteiger partial charge in [-0.15, -0.1) is 11.3 Å². The molecule has 2 rings (SSSR count). The van der Waals surface area contributed by atoms with Gasteiger partial charge in [-0.1, -0.05) is 26.7 Å². The molecule has 0 spiro atoms. The van der Waals surface area contributed by atoms with Crippen molar-refractivity contribution in [1.82, 2.24) is 0 Å². The van der Waals surface area contributed by atoms with Gasteiger partial charge < -0.3 is 5.73 Å². The predicted molar refractivity (Wildman–Crippen MR) is 76.3 cm³/mol. The van der Waals surface area contributed by atoms with Crippen LogP contribution in [0.5, 0.6) is 0 Å². The molecule has 0 aliphatic heterocycles. The Morgan fingerprint density at radius 2 is 2.29 bits per heavy atom. The molecule has 0 bridgehead atoms. The number of rotatable bonds is 3. The van der Waals surface area contributed by atoms with E-state index in [2.05, 4.69) is 32.2 Å². The van der Waals surface area contributed by atoms with Crippen molar-refractivity contribution in [3.8, 4) is 0 Å². The molecule has 0 aromatic carbocycles. The number of hydrogen-bond acceptors (Lipinski definition) is 2. The summed E-state index contributed by atoms with van der Waals surface area (Å²) in [6, 6.07) is 2.29. The molecule has 1 nitrogen and oxygen atoms in total. The van der Waals surface area contributed by atoms with Gasteiger partial charge in [0.2, 0.25) is 0 Å². The quantitative estimate of drug-likeness (QED) is 0.844. The lowest BCUT2D eigenvalue weighted by Crippen LogP contribution is -2.41. The average Bonchev–Trinajstić information content (AvgIpc) is 2.64. The molecule has 2 heteroatoms. The summed E-state index contributed by atoms with van der Waals surface area (Å²) in [4.78, 5) is 1.39. The Labute approximate surface area is 109 Å². The van der Waals surface area contributed by atoms with E-state index >= 15 is 0 Å². The lowest BCUT2D eigenvalue weighted by atomic mass is 9.71. The molecule has 0 radical (unpaired) electrons. The maximum atomic E-state index is 6.67. The summed E-state index contributed by atoms with van der Waals surface area (Å²) in [5.41, 5.74) is 8.01. The molecule has 2 unspecified atom stereocenters. The van der Waals surface area contributed by atoms with Crippen molar-refractivity contribution in [2.45, 2.75) is 58.4 Å². The zero-order valence-corrected chi connectivity index (χ0v) is 12.1. The first-order chi connectivity index (χ1) is 7.99. The van der Waals surface area contributed by atoms with E-state index in [0.29, 0.717) is 0 Å². The van der Waals surface area contributed by atoms with Gasteiger partial charge in [0.1, 0.15) is 0 Å². The maximum absolute atomic E-state index is 6.67. The van der Waals surface area contributed by atoms with Crippen LogP contribution in [0, 0.1) is 18.8 Å². The van der Waals surface area contributed by atoms with Crippen LogP contribution in [-0.4, -0.2) is 0 Å². The second-order valence-electron chi connectivity index (χ2n) is 6.19. The monoisotopic (exact) mass is 251 g/mol. The molecule has 0 saturated heterocycles. The fourth-order valence-electron chi connectivity index (χ4n) is 3.26. The normalized spacial score (nSPS) is 29.8. The van der Waals surface area contributed by atoms with Gasteiger partial charge in [-0.05, 0) is 55.0 Å². The summed E-state index contributed by atoms with van der Waals surface area (Å²) >= 11 is 1.83. The summed E-state index contributed by atoms with van der Waals surface area (Å²) in [6.45, 7) is 6.81. The van der Waals surface area contributed by atoms with Crippen LogP contribution >= 0.6 is 11.3 Å². The van der Waals surface area contributed by atoms with E-state index in [1.165, 1.54) is 36.1 Å². The van der Waals surface area contributed by atoms with Gasteiger partial charge in [-0.25, -0.2) is 0 Å². The number of hydrogen-bond donors (Lipinski definition) is 1. The average molecular weight is 251 g/mol. The Hall–Kier alpha value is -0.340. The van der Waals surface area contributed by atoms with Crippen molar-refractivity contribution in [3.05, 3.63) is 21.9 Å². The maximum Gasteiger partial charge on any atom is 0.0420 e. The summed E-state index contributed by atoms with van der Waals surface area (Å²) in [5, 5.41) is 2.27. The van der Waals surface area contributed by atoms with Crippen LogP contribution in [0.4, 0.5) is 0 Å². The molecular formula is C15H25NS. The van der Waals surface area contributed by atoms with E-state index in [4.69, 9.17) is 5.73 Å². The molecule has 2 atom stereocenters. The van der Waals surface area contributed by atoms with Crippen LogP contribution in [0.2, 0.25) is 0 Å². The molecule has 1 heterocycles. The molecule has 0 amide bonds. The number of aryl methyl sites for hydroxylation is 1. The third-order valence-electron chi connectivity index (χ3n) is 4.00. The van der Waals surface area contributed by atoms with E-state index in [-0.39, 0.29) is 5.54 Å². The van der Waals surface area contributed by atoms with Crippen molar-refractivity contribution < 1.29 is 0 Å². The van der Waals surface area contributed by atoms with Gasteiger partial charge in [0.05, 0.1) is 0 Å². The molecule has 17 heavy (non-hydrogen) atoms. The summed E-state index contributed by atoms with van der Waals surface area (Å²) in [6.07, 6.45) is 6.35. The highest BCUT2D eigenvalue weighted by Crippen LogP contribution is 2.41. The fourth-order valence-corrected chi connectivity index (χ4v) is 4.07. The van der Waals surface area contributed by atoms with Crippen LogP contribution in [-0.2, 0) is 5.54 Å². The van der Waals surface area contributed by atoms with Crippen LogP contribution in [0.3, 0.4) is 0 Å². The summed E-state index contributed by atoms with van der Waals surface area (Å²) < 4.78 is 0. The third kappa shape index (κ3) is 3.11. The second kappa shape index (κ2) is 5.11. The SMILES string of the molecule is Cc1cc(C2(N)CCCC(CC(C)C)C2)cs1. The molecule has 1 aliphatic carbocycles. The lowest BCUT2D eigenvalue weighted by molar-refractivity contribution is 0.203. The molecular weight excluding hydrogens is 226 g/mol. The minimum Gasteiger partial charge on any atom is -0.321 e. The number of nitrogens with two attached hydrogens (primary N) is 1. The van der Waals surface area contributed by atoms with E-state index in [0.717, 1.165) is 18.3 Å². The molecule has 2 N–H and O–H groups in total. The lowest BCUT2D eigenvalue weighted by Gasteiger charge is -2.38. The highest BCUT2D eigenvalue weighted by atomic mass is 32.1. The first-order valence-corrected chi connectivity index (χ1v) is 7.72. The van der Waals surface area contributed by atoms with Crippen LogP contribution in [0.1, 0.15) is 56.4 Å². The smallest absolute Gasteiger partial charge is 0.0420 e. The standard InChI is InChI=1S/C15H25NS/c1-11(2)7-13-5-4-6-15(16,9-13)14-8-12(3)17-10-14/h8,10-11,13H,4-7,9,16H2,1-3H3. The fraction of sp³-hybridized carbons (Fsp3) is 0.733. The topological polar surface area (TPSA) is 26.0 Å². The molecule has 1 fully saturated rings. The minimum absolute atomic E-state index is 0.0391. The Morgan fingerprint density at radius 1 is 1.53 bits per heavy atom. The van der Waals surface area contributed by atoms with Crippen LogP contribution < -0.4 is 5.73 Å². The Kier molecular flexibility index (Phi) is 3.94. The van der Waals surface area contributed by atoms with E-state index in [9.17, 15) is 0 Å². The number of thiophene rings is 1. The molecule has 1 aromatic rings. The van der Waals surface area contributed by atoms with Crippen LogP contribution in [0.15, 0.2) is 11.4 Å². The first kappa shape index (κ1) is 13.1. The van der Waals surface area contributed by atoms with Gasteiger partial charge in [-0.3, -0.25) is 0 Å². The Morgan fingerprint density at radius 3 is 2.88 bits per heavy atom. The molecule has 96 valence electrons. The van der Waals surface area contributed by atoms with Gasteiger partial charge in [0.15, 0.2) is 0 Å². The van der Waals surface area contributed by atoms with E-state index < -0.39 is 0 Å². The Bertz CT molecular complexity index is 369. The highest BCUT2D eigenvalue weighted by molar-refractivity contribution is 7.10. The van der Waals surface area contributed by atoms with Gasteiger partial charge in [0.25, 0.3) is 0 Å². The van der Waals surface area contributed by atoms with Crippen molar-refractivity contribution in [3.63, 3.8) is 0 Å². The van der Waals surface area contributed by atoms with E-state index in [1.807, 2.05) is 11.3 Å². The summed E-state index contributed by atoms with van der Waals surface area (Å²) in [7, 11) is 0. The van der Waals surface area contributed by atoms with Crippen molar-refractivity contribution in [1.29, 1.82) is 0 Å². The first-order valence-electron chi connectivity index (χ1n) is 6.84. The highest BCUT2D eigenvalue weighted by Gasteiger charge is 2.34. The van der Waals surface area contributed by atoms with Crippen molar-refractivity contribution >= 4 is 11.3 Å². The van der Waals surface area contributed by atoms with Gasteiger partial charge in [0, 0.05) is 10.4 Å². The second-order valence-corrected chi connectivity index (χ2v) is 7.31. The molecule has 1 aliphatic rings. The zero-order chi connectivity index (χ0) is 12.5. The van der Waals surface area contributed by atoms with Crippen molar-refractivity contribution in [2.75, 3.05) is 0 Å². The van der Waals surface area contributed by atoms with Gasteiger partial charge >= 0.3 is 0 Å². The predicted octanol–water partition coefficient (Wildman–Crippen LogP) is 4.45. The van der Waals surface area contributed by atoms with Crippen LogP contribution in [0.25, 0.3) is 0 Å². The summed E-state index contributed by atoms with van der Waals surface area (Å²) in [5.74, 6) is 1.63. The van der Waals surface area contributed by atoms with Crippen molar-refractivity contribution in [2.24, 2.45) is 17.6 Å².